The molecule has 1 saturated heterocycles. The molecule has 144 valence electrons. The van der Waals surface area contributed by atoms with Gasteiger partial charge in [-0.15, -0.1) is 0 Å². The monoisotopic (exact) mass is 378 g/mol. The summed E-state index contributed by atoms with van der Waals surface area (Å²) in [5.41, 5.74) is 4.16. The van der Waals surface area contributed by atoms with Gasteiger partial charge in [-0.25, -0.2) is 9.07 Å². The molecule has 1 aliphatic rings. The number of aromatic nitrogens is 2. The van der Waals surface area contributed by atoms with E-state index in [0.717, 1.165) is 18.8 Å². The lowest BCUT2D eigenvalue weighted by Crippen LogP contribution is -2.49. The molecule has 0 atom stereocenters. The fourth-order valence-corrected chi connectivity index (χ4v) is 3.61. The number of carbonyl (C=O) groups excluding carboxylic acids is 1. The zero-order valence-corrected chi connectivity index (χ0v) is 16.1. The van der Waals surface area contributed by atoms with Crippen molar-refractivity contribution in [3.8, 4) is 5.69 Å². The fourth-order valence-electron chi connectivity index (χ4n) is 3.61. The van der Waals surface area contributed by atoms with Gasteiger partial charge >= 0.3 is 0 Å². The van der Waals surface area contributed by atoms with Crippen molar-refractivity contribution in [2.75, 3.05) is 31.1 Å². The van der Waals surface area contributed by atoms with Crippen LogP contribution in [0.4, 0.5) is 10.1 Å². The molecular weight excluding hydrogens is 355 g/mol. The summed E-state index contributed by atoms with van der Waals surface area (Å²) in [7, 11) is 0. The van der Waals surface area contributed by atoms with Crippen molar-refractivity contribution in [2.24, 2.45) is 0 Å². The molecule has 28 heavy (non-hydrogen) atoms. The van der Waals surface area contributed by atoms with Crippen LogP contribution in [0, 0.1) is 19.7 Å². The Morgan fingerprint density at radius 3 is 2.36 bits per heavy atom. The number of rotatable bonds is 3. The summed E-state index contributed by atoms with van der Waals surface area (Å²) >= 11 is 0. The van der Waals surface area contributed by atoms with Crippen LogP contribution in [-0.4, -0.2) is 46.8 Å². The van der Waals surface area contributed by atoms with Crippen LogP contribution in [0.25, 0.3) is 5.69 Å². The average Bonchev–Trinajstić information content (AvgIpc) is 3.09. The molecule has 0 unspecified atom stereocenters. The molecule has 0 radical (unpaired) electrons. The Kier molecular flexibility index (Phi) is 4.86. The Bertz CT molecular complexity index is 1010. The van der Waals surface area contributed by atoms with Crippen LogP contribution in [0.2, 0.25) is 0 Å². The highest BCUT2D eigenvalue weighted by Crippen LogP contribution is 2.20. The Hall–Kier alpha value is -3.15. The fraction of sp³-hybridized carbons (Fsp3) is 0.273. The molecule has 1 aromatic heterocycles. The Morgan fingerprint density at radius 1 is 0.929 bits per heavy atom. The third kappa shape index (κ3) is 3.63. The van der Waals surface area contributed by atoms with Gasteiger partial charge in [-0.2, -0.15) is 5.10 Å². The topological polar surface area (TPSA) is 41.4 Å². The van der Waals surface area contributed by atoms with E-state index in [0.29, 0.717) is 24.5 Å². The number of benzene rings is 2. The third-order valence-corrected chi connectivity index (χ3v) is 5.04. The van der Waals surface area contributed by atoms with Crippen molar-refractivity contribution in [1.82, 2.24) is 14.7 Å². The molecule has 1 amide bonds. The predicted molar refractivity (Wildman–Crippen MR) is 108 cm³/mol. The number of nitrogens with zero attached hydrogens (tertiary/aromatic N) is 4. The summed E-state index contributed by atoms with van der Waals surface area (Å²) in [6.07, 6.45) is 0. The van der Waals surface area contributed by atoms with E-state index in [-0.39, 0.29) is 11.7 Å². The van der Waals surface area contributed by atoms with Crippen molar-refractivity contribution in [3.05, 3.63) is 77.4 Å². The Labute approximate surface area is 164 Å². The van der Waals surface area contributed by atoms with Gasteiger partial charge in [-0.3, -0.25) is 4.79 Å². The molecular formula is C22H23FN4O. The number of hydrogen-bond donors (Lipinski definition) is 0. The zero-order chi connectivity index (χ0) is 19.7. The second-order valence-electron chi connectivity index (χ2n) is 7.18. The number of amides is 1. The molecule has 0 saturated carbocycles. The van der Waals surface area contributed by atoms with Crippen molar-refractivity contribution in [3.63, 3.8) is 0 Å². The molecule has 0 bridgehead atoms. The maximum atomic E-state index is 13.6. The van der Waals surface area contributed by atoms with E-state index in [4.69, 9.17) is 0 Å². The predicted octanol–water partition coefficient (Wildman–Crippen LogP) is 3.59. The van der Waals surface area contributed by atoms with Gasteiger partial charge in [0.25, 0.3) is 5.91 Å². The van der Waals surface area contributed by atoms with Crippen LogP contribution in [-0.2, 0) is 0 Å². The molecule has 5 nitrogen and oxygen atoms in total. The first kappa shape index (κ1) is 18.2. The SMILES string of the molecule is Cc1cccc(N2CCN(C(=O)c3cc(C)nn3-c3cccc(F)c3)CC2)c1. The van der Waals surface area contributed by atoms with Crippen LogP contribution in [0.15, 0.2) is 54.6 Å². The first-order valence-corrected chi connectivity index (χ1v) is 9.45. The highest BCUT2D eigenvalue weighted by molar-refractivity contribution is 5.93. The minimum atomic E-state index is -0.351. The minimum absolute atomic E-state index is 0.0752. The first-order chi connectivity index (χ1) is 13.5. The molecule has 2 heterocycles. The molecule has 1 aliphatic heterocycles. The second-order valence-corrected chi connectivity index (χ2v) is 7.18. The number of anilines is 1. The highest BCUT2D eigenvalue weighted by Gasteiger charge is 2.25. The summed E-state index contributed by atoms with van der Waals surface area (Å²) in [5.74, 6) is -0.426. The zero-order valence-electron chi connectivity index (χ0n) is 16.1. The molecule has 1 fully saturated rings. The maximum Gasteiger partial charge on any atom is 0.272 e. The maximum absolute atomic E-state index is 13.6. The smallest absolute Gasteiger partial charge is 0.272 e. The van der Waals surface area contributed by atoms with Crippen LogP contribution in [0.5, 0.6) is 0 Å². The lowest BCUT2D eigenvalue weighted by Gasteiger charge is -2.36. The van der Waals surface area contributed by atoms with E-state index in [1.54, 1.807) is 18.2 Å². The summed E-state index contributed by atoms with van der Waals surface area (Å²) in [4.78, 5) is 17.3. The van der Waals surface area contributed by atoms with Gasteiger partial charge in [0.2, 0.25) is 0 Å². The Balaban J connectivity index is 1.52. The molecule has 6 heteroatoms. The van der Waals surface area contributed by atoms with Crippen LogP contribution in [0.3, 0.4) is 0 Å². The standard InChI is InChI=1S/C22H23FN4O/c1-16-5-3-7-19(13-16)25-9-11-26(12-10-25)22(28)21-14-17(2)24-27(21)20-8-4-6-18(23)15-20/h3-8,13-15H,9-12H2,1-2H3. The quantitative estimate of drug-likeness (QED) is 0.699. The summed E-state index contributed by atoms with van der Waals surface area (Å²) in [5, 5.41) is 4.40. The average molecular weight is 378 g/mol. The number of hydrogen-bond acceptors (Lipinski definition) is 3. The molecule has 0 N–H and O–H groups in total. The van der Waals surface area contributed by atoms with Gasteiger partial charge in [0.1, 0.15) is 11.5 Å². The van der Waals surface area contributed by atoms with Crippen LogP contribution in [0.1, 0.15) is 21.7 Å². The van der Waals surface area contributed by atoms with Crippen molar-refractivity contribution >= 4 is 11.6 Å². The summed E-state index contributed by atoms with van der Waals surface area (Å²) < 4.78 is 15.2. The second kappa shape index (κ2) is 7.46. The highest BCUT2D eigenvalue weighted by atomic mass is 19.1. The van der Waals surface area contributed by atoms with Gasteiger partial charge in [0.05, 0.1) is 11.4 Å². The van der Waals surface area contributed by atoms with Gasteiger partial charge in [-0.1, -0.05) is 18.2 Å². The Morgan fingerprint density at radius 2 is 1.64 bits per heavy atom. The number of halogens is 1. The molecule has 4 rings (SSSR count). The van der Waals surface area contributed by atoms with E-state index in [9.17, 15) is 9.18 Å². The first-order valence-electron chi connectivity index (χ1n) is 9.45. The lowest BCUT2D eigenvalue weighted by atomic mass is 10.2. The molecule has 3 aromatic rings. The number of carbonyl (C=O) groups is 1. The van der Waals surface area contributed by atoms with Gasteiger partial charge in [0.15, 0.2) is 0 Å². The van der Waals surface area contributed by atoms with E-state index >= 15 is 0 Å². The number of piperazine rings is 1. The van der Waals surface area contributed by atoms with E-state index in [2.05, 4.69) is 41.2 Å². The van der Waals surface area contributed by atoms with E-state index in [1.165, 1.54) is 28.1 Å². The van der Waals surface area contributed by atoms with Gasteiger partial charge in [-0.05, 0) is 55.8 Å². The van der Waals surface area contributed by atoms with Crippen molar-refractivity contribution in [2.45, 2.75) is 13.8 Å². The number of aryl methyl sites for hydroxylation is 2. The normalized spacial score (nSPS) is 14.4. The van der Waals surface area contributed by atoms with Gasteiger partial charge in [0, 0.05) is 31.9 Å². The van der Waals surface area contributed by atoms with E-state index in [1.807, 2.05) is 11.8 Å². The molecule has 0 spiro atoms. The largest absolute Gasteiger partial charge is 0.368 e. The summed E-state index contributed by atoms with van der Waals surface area (Å²) in [6, 6.07) is 16.3. The summed E-state index contributed by atoms with van der Waals surface area (Å²) in [6.45, 7) is 6.76. The minimum Gasteiger partial charge on any atom is -0.368 e. The molecule has 2 aromatic carbocycles. The van der Waals surface area contributed by atoms with Crippen LogP contribution < -0.4 is 4.90 Å². The van der Waals surface area contributed by atoms with Crippen molar-refractivity contribution in [1.29, 1.82) is 0 Å². The van der Waals surface area contributed by atoms with Crippen molar-refractivity contribution < 1.29 is 9.18 Å². The lowest BCUT2D eigenvalue weighted by molar-refractivity contribution is 0.0737. The van der Waals surface area contributed by atoms with Gasteiger partial charge < -0.3 is 9.80 Å². The molecule has 0 aliphatic carbocycles. The van der Waals surface area contributed by atoms with E-state index < -0.39 is 0 Å². The third-order valence-electron chi connectivity index (χ3n) is 5.04. The van der Waals surface area contributed by atoms with Crippen LogP contribution >= 0.6 is 0 Å².